The third-order valence-electron chi connectivity index (χ3n) is 5.01. The van der Waals surface area contributed by atoms with Crippen LogP contribution in [0.3, 0.4) is 0 Å². The number of nitrogens with one attached hydrogen (secondary N) is 1. The predicted molar refractivity (Wildman–Crippen MR) is 119 cm³/mol. The van der Waals surface area contributed by atoms with E-state index in [-0.39, 0.29) is 30.2 Å². The van der Waals surface area contributed by atoms with E-state index in [4.69, 9.17) is 16.3 Å². The van der Waals surface area contributed by atoms with Gasteiger partial charge in [-0.05, 0) is 42.3 Å². The number of rotatable bonds is 7. The summed E-state index contributed by atoms with van der Waals surface area (Å²) in [4.78, 5) is 14.7. The molecular formula is C22H26F2N4O2S. The highest BCUT2D eigenvalue weighted by atomic mass is 32.2. The monoisotopic (exact) mass is 448 g/mol. The molecule has 166 valence electrons. The standard InChI is InChI=1S/C22H26F2N4O2S/c1-2-30-21(29)19(27-26)20(25)31-18-9-5-16(6-10-18)15-3-7-17(8-4-15)28-13-11-22(23,24)12-14-28/h3-10,27H,2,11-14,25-26H2,1H3/b20-19+. The number of hydrogen-bond acceptors (Lipinski definition) is 7. The number of ether oxygens (including phenoxy) is 1. The van der Waals surface area contributed by atoms with Crippen LogP contribution in [0.1, 0.15) is 19.8 Å². The number of esters is 1. The molecule has 1 saturated heterocycles. The molecule has 0 amide bonds. The minimum absolute atomic E-state index is 0.0157. The maximum atomic E-state index is 13.4. The number of hydrogen-bond donors (Lipinski definition) is 3. The molecule has 0 atom stereocenters. The summed E-state index contributed by atoms with van der Waals surface area (Å²) in [5.74, 6) is 2.24. The highest BCUT2D eigenvalue weighted by Crippen LogP contribution is 2.32. The van der Waals surface area contributed by atoms with Crippen molar-refractivity contribution in [2.45, 2.75) is 30.6 Å². The lowest BCUT2D eigenvalue weighted by Gasteiger charge is -2.33. The molecule has 0 radical (unpaired) electrons. The molecule has 1 aliphatic rings. The van der Waals surface area contributed by atoms with Crippen molar-refractivity contribution in [1.29, 1.82) is 0 Å². The fraction of sp³-hybridized carbons (Fsp3) is 0.318. The molecule has 9 heteroatoms. The molecule has 1 heterocycles. The molecule has 0 aromatic heterocycles. The zero-order valence-corrected chi connectivity index (χ0v) is 18.1. The fourth-order valence-electron chi connectivity index (χ4n) is 3.28. The minimum atomic E-state index is -2.55. The van der Waals surface area contributed by atoms with Crippen LogP contribution in [-0.4, -0.2) is 31.6 Å². The van der Waals surface area contributed by atoms with E-state index in [0.29, 0.717) is 13.1 Å². The van der Waals surface area contributed by atoms with Gasteiger partial charge in [-0.1, -0.05) is 36.0 Å². The summed E-state index contributed by atoms with van der Waals surface area (Å²) in [5, 5.41) is 0.213. The van der Waals surface area contributed by atoms with Gasteiger partial charge in [0.25, 0.3) is 5.92 Å². The van der Waals surface area contributed by atoms with E-state index in [1.165, 1.54) is 11.8 Å². The summed E-state index contributed by atoms with van der Waals surface area (Å²) in [7, 11) is 0. The molecule has 0 spiro atoms. The third kappa shape index (κ3) is 5.89. The Morgan fingerprint density at radius 2 is 1.65 bits per heavy atom. The lowest BCUT2D eigenvalue weighted by molar-refractivity contribution is -0.139. The van der Waals surface area contributed by atoms with E-state index < -0.39 is 11.9 Å². The zero-order chi connectivity index (χ0) is 22.4. The van der Waals surface area contributed by atoms with Gasteiger partial charge in [0.05, 0.1) is 6.61 Å². The Hall–Kier alpha value is -2.78. The fourth-order valence-corrected chi connectivity index (χ4v) is 4.05. The first kappa shape index (κ1) is 22.9. The Labute approximate surface area is 184 Å². The number of thioether (sulfide) groups is 1. The van der Waals surface area contributed by atoms with Crippen LogP contribution in [0.5, 0.6) is 0 Å². The maximum absolute atomic E-state index is 13.4. The first-order valence-electron chi connectivity index (χ1n) is 9.97. The topological polar surface area (TPSA) is 93.6 Å². The van der Waals surface area contributed by atoms with E-state index in [0.717, 1.165) is 21.7 Å². The van der Waals surface area contributed by atoms with Crippen LogP contribution in [0, 0.1) is 0 Å². The van der Waals surface area contributed by atoms with Gasteiger partial charge in [0, 0.05) is 36.5 Å². The molecular weight excluding hydrogens is 422 g/mol. The Morgan fingerprint density at radius 3 is 2.16 bits per heavy atom. The van der Waals surface area contributed by atoms with Gasteiger partial charge in [-0.3, -0.25) is 5.84 Å². The molecule has 5 N–H and O–H groups in total. The summed E-state index contributed by atoms with van der Waals surface area (Å²) < 4.78 is 31.6. The van der Waals surface area contributed by atoms with Crippen molar-refractivity contribution in [3.63, 3.8) is 0 Å². The van der Waals surface area contributed by atoms with Crippen molar-refractivity contribution in [1.82, 2.24) is 5.43 Å². The van der Waals surface area contributed by atoms with Gasteiger partial charge in [0.1, 0.15) is 5.03 Å². The highest BCUT2D eigenvalue weighted by molar-refractivity contribution is 8.03. The molecule has 0 saturated carbocycles. The van der Waals surface area contributed by atoms with Crippen LogP contribution in [0.2, 0.25) is 0 Å². The van der Waals surface area contributed by atoms with Crippen LogP contribution in [0.4, 0.5) is 14.5 Å². The van der Waals surface area contributed by atoms with Crippen molar-refractivity contribution < 1.29 is 18.3 Å². The van der Waals surface area contributed by atoms with Crippen molar-refractivity contribution >= 4 is 23.4 Å². The van der Waals surface area contributed by atoms with Crippen molar-refractivity contribution in [3.05, 3.63) is 59.3 Å². The predicted octanol–water partition coefficient (Wildman–Crippen LogP) is 3.84. The van der Waals surface area contributed by atoms with Crippen LogP contribution >= 0.6 is 11.8 Å². The first-order chi connectivity index (χ1) is 14.8. The normalized spacial score (nSPS) is 16.5. The number of benzene rings is 2. The lowest BCUT2D eigenvalue weighted by atomic mass is 10.0. The average molecular weight is 449 g/mol. The summed E-state index contributed by atoms with van der Waals surface area (Å²) >= 11 is 1.20. The second kappa shape index (κ2) is 10.0. The number of alkyl halides is 2. The molecule has 2 aromatic carbocycles. The Kier molecular flexibility index (Phi) is 7.40. The number of nitrogens with two attached hydrogens (primary N) is 2. The molecule has 3 rings (SSSR count). The molecule has 31 heavy (non-hydrogen) atoms. The number of carbonyl (C=O) groups is 1. The molecule has 0 aliphatic carbocycles. The summed E-state index contributed by atoms with van der Waals surface area (Å²) in [5.41, 5.74) is 11.3. The average Bonchev–Trinajstić information content (AvgIpc) is 2.75. The van der Waals surface area contributed by atoms with Gasteiger partial charge < -0.3 is 20.8 Å². The number of anilines is 1. The summed E-state index contributed by atoms with van der Waals surface area (Å²) in [6.45, 7) is 2.64. The highest BCUT2D eigenvalue weighted by Gasteiger charge is 2.33. The molecule has 0 unspecified atom stereocenters. The van der Waals surface area contributed by atoms with Crippen LogP contribution < -0.4 is 21.9 Å². The number of piperidine rings is 1. The minimum Gasteiger partial charge on any atom is -0.461 e. The molecule has 1 aliphatic heterocycles. The smallest absolute Gasteiger partial charge is 0.358 e. The second-order valence-corrected chi connectivity index (χ2v) is 8.24. The largest absolute Gasteiger partial charge is 0.461 e. The van der Waals surface area contributed by atoms with Gasteiger partial charge in [0.15, 0.2) is 5.70 Å². The Bertz CT molecular complexity index is 924. The molecule has 0 bridgehead atoms. The van der Waals surface area contributed by atoms with Gasteiger partial charge in [-0.15, -0.1) is 0 Å². The van der Waals surface area contributed by atoms with Gasteiger partial charge >= 0.3 is 5.97 Å². The van der Waals surface area contributed by atoms with Gasteiger partial charge in [0.2, 0.25) is 0 Å². The number of nitrogens with zero attached hydrogens (tertiary/aromatic N) is 1. The molecule has 6 nitrogen and oxygen atoms in total. The van der Waals surface area contributed by atoms with Crippen LogP contribution in [0.25, 0.3) is 11.1 Å². The number of hydrazine groups is 1. The zero-order valence-electron chi connectivity index (χ0n) is 17.2. The number of halogens is 2. The third-order valence-corrected chi connectivity index (χ3v) is 5.95. The maximum Gasteiger partial charge on any atom is 0.358 e. The van der Waals surface area contributed by atoms with Crippen LogP contribution in [0.15, 0.2) is 64.2 Å². The second-order valence-electron chi connectivity index (χ2n) is 7.12. The first-order valence-corrected chi connectivity index (χ1v) is 10.8. The van der Waals surface area contributed by atoms with Gasteiger partial charge in [-0.25, -0.2) is 13.6 Å². The Balaban J connectivity index is 1.67. The van der Waals surface area contributed by atoms with E-state index in [9.17, 15) is 13.6 Å². The van der Waals surface area contributed by atoms with E-state index >= 15 is 0 Å². The molecule has 1 fully saturated rings. The summed E-state index contributed by atoms with van der Waals surface area (Å²) in [6.07, 6.45) is -0.216. The summed E-state index contributed by atoms with van der Waals surface area (Å²) in [6, 6.07) is 15.6. The van der Waals surface area contributed by atoms with E-state index in [2.05, 4.69) is 5.43 Å². The SMILES string of the molecule is CCOC(=O)/C(NN)=C(/N)Sc1ccc(-c2ccc(N3CCC(F)(F)CC3)cc2)cc1. The van der Waals surface area contributed by atoms with Gasteiger partial charge in [-0.2, -0.15) is 0 Å². The van der Waals surface area contributed by atoms with E-state index in [1.54, 1.807) is 6.92 Å². The number of carbonyl (C=O) groups excluding carboxylic acids is 1. The quantitative estimate of drug-likeness (QED) is 0.195. The van der Waals surface area contributed by atoms with Crippen molar-refractivity contribution in [2.75, 3.05) is 24.6 Å². The van der Waals surface area contributed by atoms with Crippen molar-refractivity contribution in [3.8, 4) is 11.1 Å². The molecule has 2 aromatic rings. The van der Waals surface area contributed by atoms with E-state index in [1.807, 2.05) is 53.4 Å². The van der Waals surface area contributed by atoms with Crippen molar-refractivity contribution in [2.24, 2.45) is 11.6 Å². The Morgan fingerprint density at radius 1 is 1.10 bits per heavy atom. The lowest BCUT2D eigenvalue weighted by Crippen LogP contribution is -2.39. The van der Waals surface area contributed by atoms with Crippen LogP contribution in [-0.2, 0) is 9.53 Å².